The molecule has 0 fully saturated rings. The number of furan rings is 1. The molecule has 3 nitrogen and oxygen atoms in total. The molecule has 0 aliphatic heterocycles. The minimum absolute atomic E-state index is 0.631. The van der Waals surface area contributed by atoms with E-state index in [9.17, 15) is 0 Å². The fourth-order valence-corrected chi connectivity index (χ4v) is 1.43. The monoisotopic (exact) mass is 177 g/mol. The molecule has 0 amide bonds. The molecule has 0 radical (unpaired) electrons. The highest BCUT2D eigenvalue weighted by atomic mass is 16.5. The number of rotatable bonds is 1. The summed E-state index contributed by atoms with van der Waals surface area (Å²) < 4.78 is 10.7. The fourth-order valence-electron chi connectivity index (χ4n) is 1.43. The Hall–Kier alpha value is -1.51. The van der Waals surface area contributed by atoms with Crippen LogP contribution in [-0.4, -0.2) is 12.1 Å². The van der Waals surface area contributed by atoms with Gasteiger partial charge in [0.25, 0.3) is 0 Å². The predicted octanol–water partition coefficient (Wildman–Crippen LogP) is 2.45. The SMILES string of the molecule is COc1nccc2oc(C)c(C)c12. The Morgan fingerprint density at radius 2 is 2.15 bits per heavy atom. The molecule has 0 saturated heterocycles. The van der Waals surface area contributed by atoms with Gasteiger partial charge < -0.3 is 9.15 Å². The van der Waals surface area contributed by atoms with E-state index in [0.29, 0.717) is 5.88 Å². The number of hydrogen-bond donors (Lipinski definition) is 0. The lowest BCUT2D eigenvalue weighted by atomic mass is 10.2. The second-order valence-electron chi connectivity index (χ2n) is 2.98. The highest BCUT2D eigenvalue weighted by Gasteiger charge is 2.11. The smallest absolute Gasteiger partial charge is 0.224 e. The van der Waals surface area contributed by atoms with Gasteiger partial charge in [-0.2, -0.15) is 0 Å². The number of nitrogens with zero attached hydrogens (tertiary/aromatic N) is 1. The molecule has 13 heavy (non-hydrogen) atoms. The molecule has 0 saturated carbocycles. The normalized spacial score (nSPS) is 10.7. The van der Waals surface area contributed by atoms with Crippen LogP contribution in [0.4, 0.5) is 0 Å². The summed E-state index contributed by atoms with van der Waals surface area (Å²) >= 11 is 0. The Kier molecular flexibility index (Phi) is 1.72. The zero-order valence-electron chi connectivity index (χ0n) is 7.92. The van der Waals surface area contributed by atoms with Gasteiger partial charge in [-0.25, -0.2) is 4.98 Å². The Labute approximate surface area is 76.3 Å². The van der Waals surface area contributed by atoms with E-state index in [2.05, 4.69) is 4.98 Å². The van der Waals surface area contributed by atoms with Gasteiger partial charge in [0.2, 0.25) is 5.88 Å². The van der Waals surface area contributed by atoms with Crippen molar-refractivity contribution in [3.8, 4) is 5.88 Å². The first-order valence-electron chi connectivity index (χ1n) is 4.12. The highest BCUT2D eigenvalue weighted by molar-refractivity contribution is 5.86. The van der Waals surface area contributed by atoms with Crippen LogP contribution in [0.2, 0.25) is 0 Å². The average Bonchev–Trinajstić information content (AvgIpc) is 2.43. The van der Waals surface area contributed by atoms with Crippen molar-refractivity contribution in [3.63, 3.8) is 0 Å². The van der Waals surface area contributed by atoms with Crippen LogP contribution in [-0.2, 0) is 0 Å². The fraction of sp³-hybridized carbons (Fsp3) is 0.300. The first kappa shape index (κ1) is 8.10. The molecule has 2 rings (SSSR count). The zero-order chi connectivity index (χ0) is 9.42. The molecule has 0 atom stereocenters. The summed E-state index contributed by atoms with van der Waals surface area (Å²) in [7, 11) is 1.61. The molecule has 68 valence electrons. The van der Waals surface area contributed by atoms with Crippen molar-refractivity contribution in [2.75, 3.05) is 7.11 Å². The second-order valence-corrected chi connectivity index (χ2v) is 2.98. The summed E-state index contributed by atoms with van der Waals surface area (Å²) in [5, 5.41) is 0.975. The summed E-state index contributed by atoms with van der Waals surface area (Å²) in [6.07, 6.45) is 1.68. The first-order chi connectivity index (χ1) is 6.24. The van der Waals surface area contributed by atoms with Gasteiger partial charge in [0.15, 0.2) is 0 Å². The molecule has 0 N–H and O–H groups in total. The quantitative estimate of drug-likeness (QED) is 0.671. The third-order valence-electron chi connectivity index (χ3n) is 2.24. The number of aromatic nitrogens is 1. The van der Waals surface area contributed by atoms with Crippen LogP contribution in [0, 0.1) is 13.8 Å². The van der Waals surface area contributed by atoms with Crippen molar-refractivity contribution >= 4 is 11.0 Å². The highest BCUT2D eigenvalue weighted by Crippen LogP contribution is 2.30. The molecule has 2 aromatic rings. The van der Waals surface area contributed by atoms with E-state index >= 15 is 0 Å². The lowest BCUT2D eigenvalue weighted by molar-refractivity contribution is 0.403. The molecule has 0 aromatic carbocycles. The van der Waals surface area contributed by atoms with Crippen molar-refractivity contribution in [3.05, 3.63) is 23.6 Å². The summed E-state index contributed by atoms with van der Waals surface area (Å²) in [6.45, 7) is 3.94. The first-order valence-corrected chi connectivity index (χ1v) is 4.12. The van der Waals surface area contributed by atoms with Gasteiger partial charge in [-0.05, 0) is 13.8 Å². The molecule has 0 bridgehead atoms. The van der Waals surface area contributed by atoms with Crippen molar-refractivity contribution < 1.29 is 9.15 Å². The lowest BCUT2D eigenvalue weighted by Gasteiger charge is -1.98. The van der Waals surface area contributed by atoms with Crippen molar-refractivity contribution in [1.82, 2.24) is 4.98 Å². The molecule has 0 aliphatic carbocycles. The number of pyridine rings is 1. The molecule has 0 aliphatic rings. The van der Waals surface area contributed by atoms with Gasteiger partial charge >= 0.3 is 0 Å². The van der Waals surface area contributed by atoms with E-state index in [4.69, 9.17) is 9.15 Å². The molecule has 3 heteroatoms. The molecular formula is C10H11NO2. The summed E-state index contributed by atoms with van der Waals surface area (Å²) in [6, 6.07) is 1.85. The maximum Gasteiger partial charge on any atom is 0.224 e. The molecule has 0 unspecified atom stereocenters. The van der Waals surface area contributed by atoms with E-state index in [0.717, 1.165) is 22.3 Å². The Morgan fingerprint density at radius 1 is 1.38 bits per heavy atom. The topological polar surface area (TPSA) is 35.3 Å². The molecule has 2 aromatic heterocycles. The van der Waals surface area contributed by atoms with Crippen LogP contribution in [0.1, 0.15) is 11.3 Å². The summed E-state index contributed by atoms with van der Waals surface area (Å²) in [5.74, 6) is 1.55. The number of fused-ring (bicyclic) bond motifs is 1. The van der Waals surface area contributed by atoms with Crippen LogP contribution in [0.5, 0.6) is 5.88 Å². The van der Waals surface area contributed by atoms with E-state index < -0.39 is 0 Å². The van der Waals surface area contributed by atoms with Gasteiger partial charge in [0, 0.05) is 17.8 Å². The van der Waals surface area contributed by atoms with E-state index in [-0.39, 0.29) is 0 Å². The van der Waals surface area contributed by atoms with Crippen LogP contribution >= 0.6 is 0 Å². The maximum absolute atomic E-state index is 5.52. The second kappa shape index (κ2) is 2.76. The summed E-state index contributed by atoms with van der Waals surface area (Å²) in [4.78, 5) is 4.12. The van der Waals surface area contributed by atoms with Crippen LogP contribution in [0.15, 0.2) is 16.7 Å². The van der Waals surface area contributed by atoms with Gasteiger partial charge in [0.05, 0.1) is 12.5 Å². The summed E-state index contributed by atoms with van der Waals surface area (Å²) in [5.41, 5.74) is 1.93. The Morgan fingerprint density at radius 3 is 2.85 bits per heavy atom. The molecule has 2 heterocycles. The minimum atomic E-state index is 0.631. The zero-order valence-corrected chi connectivity index (χ0v) is 7.92. The van der Waals surface area contributed by atoms with E-state index in [1.807, 2.05) is 19.9 Å². The van der Waals surface area contributed by atoms with Gasteiger partial charge in [-0.15, -0.1) is 0 Å². The lowest BCUT2D eigenvalue weighted by Crippen LogP contribution is -1.87. The third kappa shape index (κ3) is 1.08. The van der Waals surface area contributed by atoms with Crippen molar-refractivity contribution in [1.29, 1.82) is 0 Å². The van der Waals surface area contributed by atoms with Crippen molar-refractivity contribution in [2.45, 2.75) is 13.8 Å². The maximum atomic E-state index is 5.52. The molecular weight excluding hydrogens is 166 g/mol. The predicted molar refractivity (Wildman–Crippen MR) is 50.0 cm³/mol. The number of hydrogen-bond acceptors (Lipinski definition) is 3. The molecule has 0 spiro atoms. The van der Waals surface area contributed by atoms with Gasteiger partial charge in [-0.1, -0.05) is 0 Å². The van der Waals surface area contributed by atoms with Crippen LogP contribution < -0.4 is 4.74 Å². The minimum Gasteiger partial charge on any atom is -0.480 e. The van der Waals surface area contributed by atoms with Gasteiger partial charge in [0.1, 0.15) is 11.3 Å². The average molecular weight is 177 g/mol. The van der Waals surface area contributed by atoms with Crippen LogP contribution in [0.3, 0.4) is 0 Å². The van der Waals surface area contributed by atoms with Crippen LogP contribution in [0.25, 0.3) is 11.0 Å². The largest absolute Gasteiger partial charge is 0.480 e. The number of methoxy groups -OCH3 is 1. The number of aryl methyl sites for hydroxylation is 2. The number of ether oxygens (including phenoxy) is 1. The standard InChI is InChI=1S/C10H11NO2/c1-6-7(2)13-8-4-5-11-10(12-3)9(6)8/h4-5H,1-3H3. The van der Waals surface area contributed by atoms with E-state index in [1.165, 1.54) is 0 Å². The Bertz CT molecular complexity index is 445. The van der Waals surface area contributed by atoms with Gasteiger partial charge in [-0.3, -0.25) is 0 Å². The Balaban J connectivity index is 2.87. The van der Waals surface area contributed by atoms with Crippen molar-refractivity contribution in [2.24, 2.45) is 0 Å². The third-order valence-corrected chi connectivity index (χ3v) is 2.24. The van der Waals surface area contributed by atoms with E-state index in [1.54, 1.807) is 13.3 Å².